The molecule has 210 valence electrons. The normalized spacial score (nSPS) is 13.7. The number of carbonyl (C=O) groups is 1. The molecular formula is C28H30N4O7S. The Bertz CT molecular complexity index is 1560. The molecule has 2 unspecified atom stereocenters. The molecule has 0 aliphatic carbocycles. The Balaban J connectivity index is 1.56. The number of amides is 1. The maximum atomic E-state index is 13.7. The van der Waals surface area contributed by atoms with Crippen molar-refractivity contribution in [3.05, 3.63) is 90.3 Å². The summed E-state index contributed by atoms with van der Waals surface area (Å²) in [6, 6.07) is 18.0. The third-order valence-electron chi connectivity index (χ3n) is 6.29. The smallest absolute Gasteiger partial charge is 0.249 e. The van der Waals surface area contributed by atoms with Crippen molar-refractivity contribution in [2.24, 2.45) is 0 Å². The molecule has 11 nitrogen and oxygen atoms in total. The summed E-state index contributed by atoms with van der Waals surface area (Å²) >= 11 is 0. The highest BCUT2D eigenvalue weighted by molar-refractivity contribution is 7.92. The molecular weight excluding hydrogens is 536 g/mol. The molecule has 0 saturated heterocycles. The fourth-order valence-corrected chi connectivity index (χ4v) is 4.58. The lowest BCUT2D eigenvalue weighted by atomic mass is 9.90. The highest BCUT2D eigenvalue weighted by atomic mass is 32.2. The highest BCUT2D eigenvalue weighted by Gasteiger charge is 2.35. The fraction of sp³-hybridized carbons (Fsp3) is 0.214. The van der Waals surface area contributed by atoms with Crippen molar-refractivity contribution in [2.75, 3.05) is 29.9 Å². The van der Waals surface area contributed by atoms with E-state index in [0.717, 1.165) is 11.8 Å². The van der Waals surface area contributed by atoms with Crippen LogP contribution in [0, 0.1) is 0 Å². The summed E-state index contributed by atoms with van der Waals surface area (Å²) < 4.78 is 36.1. The number of aromatic hydroxyl groups is 1. The summed E-state index contributed by atoms with van der Waals surface area (Å²) in [4.78, 5) is 17.8. The Morgan fingerprint density at radius 3 is 2.40 bits per heavy atom. The van der Waals surface area contributed by atoms with E-state index < -0.39 is 21.7 Å². The van der Waals surface area contributed by atoms with Gasteiger partial charge in [0.05, 0.1) is 31.4 Å². The second-order valence-electron chi connectivity index (χ2n) is 9.27. The number of aromatic nitrogens is 1. The number of benzene rings is 3. The van der Waals surface area contributed by atoms with Gasteiger partial charge in [0.25, 0.3) is 0 Å². The van der Waals surface area contributed by atoms with E-state index in [2.05, 4.69) is 20.3 Å². The second-order valence-corrected chi connectivity index (χ2v) is 11.0. The van der Waals surface area contributed by atoms with E-state index in [9.17, 15) is 23.4 Å². The maximum absolute atomic E-state index is 13.7. The summed E-state index contributed by atoms with van der Waals surface area (Å²) in [5.74, 6) is 0.397. The summed E-state index contributed by atoms with van der Waals surface area (Å²) in [7, 11) is -2.11. The molecule has 1 heterocycles. The summed E-state index contributed by atoms with van der Waals surface area (Å²) in [6.07, 6.45) is 2.84. The molecule has 4 aromatic rings. The van der Waals surface area contributed by atoms with Gasteiger partial charge in [-0.2, -0.15) is 0 Å². The minimum atomic E-state index is -3.66. The van der Waals surface area contributed by atoms with Gasteiger partial charge in [-0.15, -0.1) is 0 Å². The van der Waals surface area contributed by atoms with Crippen molar-refractivity contribution in [3.63, 3.8) is 0 Å². The first-order chi connectivity index (χ1) is 19.0. The average molecular weight is 567 g/mol. The SMILES string of the molecule is COc1ccc(C(C)(NCC(O)c2ccc(O)c(NS(C)(=O)=O)c2)C(=O)Nc2ccc(-c3ncco3)cc2)cc1. The number of methoxy groups -OCH3 is 1. The maximum Gasteiger partial charge on any atom is 0.249 e. The lowest BCUT2D eigenvalue weighted by Crippen LogP contribution is -2.50. The fourth-order valence-electron chi connectivity index (χ4n) is 4.02. The third-order valence-corrected chi connectivity index (χ3v) is 6.88. The molecule has 1 amide bonds. The topological polar surface area (TPSA) is 163 Å². The van der Waals surface area contributed by atoms with Gasteiger partial charge in [-0.05, 0) is 66.6 Å². The first-order valence-electron chi connectivity index (χ1n) is 12.2. The standard InChI is InChI=1S/C28H30N4O7S/c1-28(20-7-11-22(38-2)12-8-20,27(35)31-21-9-4-18(5-10-21)26-29-14-15-39-26)30-17-25(34)19-6-13-24(33)23(16-19)32-40(3,36)37/h4-16,25,30,32-34H,17H2,1-3H3,(H,31,35). The lowest BCUT2D eigenvalue weighted by Gasteiger charge is -2.31. The number of anilines is 2. The van der Waals surface area contributed by atoms with E-state index in [1.54, 1.807) is 68.8 Å². The molecule has 1 aromatic heterocycles. The molecule has 40 heavy (non-hydrogen) atoms. The number of aliphatic hydroxyl groups is 1. The number of carbonyl (C=O) groups excluding carboxylic acids is 1. The Kier molecular flexibility index (Phi) is 8.43. The van der Waals surface area contributed by atoms with Crippen molar-refractivity contribution in [2.45, 2.75) is 18.6 Å². The van der Waals surface area contributed by atoms with Crippen LogP contribution in [0.3, 0.4) is 0 Å². The van der Waals surface area contributed by atoms with Crippen molar-refractivity contribution in [3.8, 4) is 23.0 Å². The molecule has 0 bridgehead atoms. The number of hydrogen-bond donors (Lipinski definition) is 5. The van der Waals surface area contributed by atoms with Gasteiger partial charge in [0.1, 0.15) is 23.3 Å². The van der Waals surface area contributed by atoms with E-state index in [4.69, 9.17) is 9.15 Å². The zero-order valence-corrected chi connectivity index (χ0v) is 22.9. The van der Waals surface area contributed by atoms with Crippen LogP contribution < -0.4 is 20.1 Å². The number of nitrogens with zero attached hydrogens (tertiary/aromatic N) is 1. The van der Waals surface area contributed by atoms with Crippen LogP contribution in [-0.4, -0.2) is 49.4 Å². The highest BCUT2D eigenvalue weighted by Crippen LogP contribution is 2.30. The first kappa shape index (κ1) is 28.6. The Morgan fingerprint density at radius 1 is 1.10 bits per heavy atom. The number of phenolic OH excluding ortho intramolecular Hbond substituents is 1. The van der Waals surface area contributed by atoms with Crippen LogP contribution in [-0.2, 0) is 20.4 Å². The van der Waals surface area contributed by atoms with Crippen LogP contribution in [0.15, 0.2) is 83.6 Å². The number of sulfonamides is 1. The molecule has 0 aliphatic rings. The zero-order valence-electron chi connectivity index (χ0n) is 22.1. The average Bonchev–Trinajstić information content (AvgIpc) is 3.47. The van der Waals surface area contributed by atoms with E-state index in [0.29, 0.717) is 28.5 Å². The Hall–Kier alpha value is -4.39. The number of aliphatic hydroxyl groups excluding tert-OH is 1. The van der Waals surface area contributed by atoms with Gasteiger partial charge in [0.2, 0.25) is 21.8 Å². The summed E-state index contributed by atoms with van der Waals surface area (Å²) in [6.45, 7) is 1.60. The molecule has 2 atom stereocenters. The van der Waals surface area contributed by atoms with Crippen LogP contribution >= 0.6 is 0 Å². The van der Waals surface area contributed by atoms with Gasteiger partial charge < -0.3 is 24.7 Å². The minimum Gasteiger partial charge on any atom is -0.506 e. The minimum absolute atomic E-state index is 0.0668. The predicted octanol–water partition coefficient (Wildman–Crippen LogP) is 3.60. The van der Waals surface area contributed by atoms with Gasteiger partial charge in [-0.3, -0.25) is 14.8 Å². The molecule has 0 fully saturated rings. The molecule has 0 spiro atoms. The largest absolute Gasteiger partial charge is 0.506 e. The third kappa shape index (κ3) is 6.78. The van der Waals surface area contributed by atoms with Crippen molar-refractivity contribution < 1.29 is 32.6 Å². The zero-order chi connectivity index (χ0) is 28.9. The van der Waals surface area contributed by atoms with Gasteiger partial charge >= 0.3 is 0 Å². The first-order valence-corrected chi connectivity index (χ1v) is 14.1. The second kappa shape index (κ2) is 11.8. The monoisotopic (exact) mass is 566 g/mol. The molecule has 4 rings (SSSR count). The van der Waals surface area contributed by atoms with Crippen LogP contribution in [0.5, 0.6) is 11.5 Å². The van der Waals surface area contributed by atoms with Gasteiger partial charge in [-0.25, -0.2) is 13.4 Å². The van der Waals surface area contributed by atoms with Crippen LogP contribution in [0.1, 0.15) is 24.2 Å². The number of rotatable bonds is 11. The van der Waals surface area contributed by atoms with Crippen molar-refractivity contribution in [1.82, 2.24) is 10.3 Å². The molecule has 3 aromatic carbocycles. The lowest BCUT2D eigenvalue weighted by molar-refractivity contribution is -0.122. The van der Waals surface area contributed by atoms with Crippen LogP contribution in [0.25, 0.3) is 11.5 Å². The van der Waals surface area contributed by atoms with E-state index in [1.165, 1.54) is 24.5 Å². The van der Waals surface area contributed by atoms with E-state index in [1.807, 2.05) is 0 Å². The van der Waals surface area contributed by atoms with Gasteiger partial charge in [-0.1, -0.05) is 18.2 Å². The molecule has 0 radical (unpaired) electrons. The Labute approximate surface area is 231 Å². The summed E-state index contributed by atoms with van der Waals surface area (Å²) in [5, 5.41) is 27.0. The molecule has 12 heteroatoms. The van der Waals surface area contributed by atoms with Crippen molar-refractivity contribution >= 4 is 27.3 Å². The Morgan fingerprint density at radius 2 is 1.80 bits per heavy atom. The number of phenols is 1. The number of nitrogens with one attached hydrogen (secondary N) is 3. The molecule has 0 saturated carbocycles. The number of ether oxygens (including phenoxy) is 1. The number of hydrogen-bond acceptors (Lipinski definition) is 9. The number of oxazole rings is 1. The van der Waals surface area contributed by atoms with E-state index in [-0.39, 0.29) is 23.9 Å². The van der Waals surface area contributed by atoms with Gasteiger partial charge in [0, 0.05) is 17.8 Å². The molecule has 5 N–H and O–H groups in total. The summed E-state index contributed by atoms with van der Waals surface area (Å²) in [5.41, 5.74) is 0.857. The van der Waals surface area contributed by atoms with Gasteiger partial charge in [0.15, 0.2) is 0 Å². The predicted molar refractivity (Wildman–Crippen MR) is 150 cm³/mol. The molecule has 0 aliphatic heterocycles. The quantitative estimate of drug-likeness (QED) is 0.171. The van der Waals surface area contributed by atoms with Crippen LogP contribution in [0.4, 0.5) is 11.4 Å². The van der Waals surface area contributed by atoms with Crippen molar-refractivity contribution in [1.29, 1.82) is 0 Å². The van der Waals surface area contributed by atoms with Crippen LogP contribution in [0.2, 0.25) is 0 Å². The van der Waals surface area contributed by atoms with E-state index >= 15 is 0 Å².